The molecule has 0 aliphatic heterocycles. The fourth-order valence-corrected chi connectivity index (χ4v) is 2.17. The van der Waals surface area contributed by atoms with Crippen molar-refractivity contribution >= 4 is 0 Å². The highest BCUT2D eigenvalue weighted by molar-refractivity contribution is 4.82. The molecule has 0 aromatic rings. The van der Waals surface area contributed by atoms with E-state index in [0.717, 1.165) is 0 Å². The normalized spacial score (nSPS) is 35.4. The Morgan fingerprint density at radius 1 is 0.900 bits per heavy atom. The molecule has 10 heavy (non-hydrogen) atoms. The van der Waals surface area contributed by atoms with Crippen LogP contribution in [-0.2, 0) is 4.74 Å². The van der Waals surface area contributed by atoms with Gasteiger partial charge in [0.2, 0.25) is 0 Å². The van der Waals surface area contributed by atoms with Crippen LogP contribution in [0.1, 0.15) is 32.1 Å². The molecule has 2 rings (SSSR count). The van der Waals surface area contributed by atoms with Gasteiger partial charge in [0.15, 0.2) is 0 Å². The van der Waals surface area contributed by atoms with Gasteiger partial charge >= 0.3 is 0 Å². The van der Waals surface area contributed by atoms with Crippen LogP contribution in [0.4, 0.5) is 0 Å². The van der Waals surface area contributed by atoms with E-state index in [0.29, 0.717) is 0 Å². The Balaban J connectivity index is 0.000000148. The molecule has 0 spiro atoms. The maximum absolute atomic E-state index is 4.25. The molecule has 2 saturated carbocycles. The molecular weight excluding hydrogens is 124 g/mol. The first-order valence-corrected chi connectivity index (χ1v) is 4.27. The number of ether oxygens (including phenoxy) is 1. The van der Waals surface area contributed by atoms with Gasteiger partial charge in [0.05, 0.1) is 0 Å². The van der Waals surface area contributed by atoms with E-state index < -0.39 is 0 Å². The molecule has 0 radical (unpaired) electrons. The molecule has 0 heterocycles. The van der Waals surface area contributed by atoms with Gasteiger partial charge in [-0.15, -0.1) is 0 Å². The molecule has 0 amide bonds. The van der Waals surface area contributed by atoms with Crippen molar-refractivity contribution < 1.29 is 4.74 Å². The second-order valence-corrected chi connectivity index (χ2v) is 3.53. The lowest BCUT2D eigenvalue weighted by atomic mass is 10.0. The minimum absolute atomic E-state index is 1.17. The summed E-state index contributed by atoms with van der Waals surface area (Å²) in [5.74, 6) is 2.34. The van der Waals surface area contributed by atoms with Crippen LogP contribution >= 0.6 is 0 Å². The molecule has 60 valence electrons. The van der Waals surface area contributed by atoms with Gasteiger partial charge in [-0.3, -0.25) is 0 Å². The van der Waals surface area contributed by atoms with Crippen LogP contribution in [0.15, 0.2) is 0 Å². The van der Waals surface area contributed by atoms with Crippen LogP contribution in [0.2, 0.25) is 0 Å². The topological polar surface area (TPSA) is 9.23 Å². The fourth-order valence-electron chi connectivity index (χ4n) is 2.17. The van der Waals surface area contributed by atoms with E-state index in [1.165, 1.54) is 11.8 Å². The predicted molar refractivity (Wildman–Crippen MR) is 43.0 cm³/mol. The molecular formula is C9H18O. The Labute approximate surface area is 63.8 Å². The van der Waals surface area contributed by atoms with Gasteiger partial charge in [-0.1, -0.05) is 25.7 Å². The van der Waals surface area contributed by atoms with E-state index in [9.17, 15) is 0 Å². The highest BCUT2D eigenvalue weighted by Gasteiger charge is 2.30. The van der Waals surface area contributed by atoms with E-state index in [4.69, 9.17) is 0 Å². The van der Waals surface area contributed by atoms with E-state index in [-0.39, 0.29) is 0 Å². The van der Waals surface area contributed by atoms with Crippen molar-refractivity contribution in [3.8, 4) is 0 Å². The first-order valence-electron chi connectivity index (χ1n) is 4.27. The molecule has 0 aromatic carbocycles. The first-order chi connectivity index (χ1) is 4.86. The third kappa shape index (κ3) is 1.98. The first kappa shape index (κ1) is 8.06. The lowest BCUT2D eigenvalue weighted by molar-refractivity contribution is 0.277. The Bertz CT molecular complexity index is 72.7. The summed E-state index contributed by atoms with van der Waals surface area (Å²) in [6.07, 6.45) is 7.82. The molecule has 1 heteroatoms. The van der Waals surface area contributed by atoms with E-state index in [2.05, 4.69) is 4.74 Å². The SMILES string of the molecule is C1CC2CCC1C2.COC. The van der Waals surface area contributed by atoms with Crippen molar-refractivity contribution in [3.63, 3.8) is 0 Å². The van der Waals surface area contributed by atoms with E-state index in [1.54, 1.807) is 46.3 Å². The number of hydrogen-bond donors (Lipinski definition) is 0. The van der Waals surface area contributed by atoms with Gasteiger partial charge in [-0.25, -0.2) is 0 Å². The quantitative estimate of drug-likeness (QED) is 0.505. The summed E-state index contributed by atoms with van der Waals surface area (Å²) in [6.45, 7) is 0. The molecule has 0 saturated heterocycles. The molecule has 0 atom stereocenters. The lowest BCUT2D eigenvalue weighted by Crippen LogP contribution is -1.90. The summed E-state index contributed by atoms with van der Waals surface area (Å²) >= 11 is 0. The highest BCUT2D eigenvalue weighted by atomic mass is 16.4. The van der Waals surface area contributed by atoms with Crippen LogP contribution in [-0.4, -0.2) is 14.2 Å². The average molecular weight is 142 g/mol. The maximum atomic E-state index is 4.25. The summed E-state index contributed by atoms with van der Waals surface area (Å²) in [6, 6.07) is 0. The molecule has 2 bridgehead atoms. The average Bonchev–Trinajstić information content (AvgIpc) is 2.49. The zero-order chi connectivity index (χ0) is 7.40. The highest BCUT2D eigenvalue weighted by Crippen LogP contribution is 2.43. The molecule has 0 unspecified atom stereocenters. The summed E-state index contributed by atoms with van der Waals surface area (Å²) in [5.41, 5.74) is 0. The van der Waals surface area contributed by atoms with Gasteiger partial charge in [0, 0.05) is 14.2 Å². The monoisotopic (exact) mass is 142 g/mol. The summed E-state index contributed by atoms with van der Waals surface area (Å²) in [4.78, 5) is 0. The fraction of sp³-hybridized carbons (Fsp3) is 1.00. The van der Waals surface area contributed by atoms with Crippen LogP contribution in [0.5, 0.6) is 0 Å². The zero-order valence-corrected chi connectivity index (χ0v) is 7.10. The Kier molecular flexibility index (Phi) is 3.20. The maximum Gasteiger partial charge on any atom is 0.0351 e. The summed E-state index contributed by atoms with van der Waals surface area (Å²) < 4.78 is 4.25. The van der Waals surface area contributed by atoms with Crippen molar-refractivity contribution in [2.45, 2.75) is 32.1 Å². The Morgan fingerprint density at radius 3 is 1.30 bits per heavy atom. The van der Waals surface area contributed by atoms with Gasteiger partial charge in [0.1, 0.15) is 0 Å². The number of methoxy groups -OCH3 is 1. The molecule has 2 aliphatic rings. The minimum atomic E-state index is 1.17. The molecule has 0 aromatic heterocycles. The van der Waals surface area contributed by atoms with Gasteiger partial charge in [-0.05, 0) is 18.3 Å². The van der Waals surface area contributed by atoms with Crippen molar-refractivity contribution in [1.82, 2.24) is 0 Å². The summed E-state index contributed by atoms with van der Waals surface area (Å²) in [5, 5.41) is 0. The van der Waals surface area contributed by atoms with Crippen molar-refractivity contribution in [1.29, 1.82) is 0 Å². The third-order valence-electron chi connectivity index (χ3n) is 2.63. The number of rotatable bonds is 0. The third-order valence-corrected chi connectivity index (χ3v) is 2.63. The predicted octanol–water partition coefficient (Wildman–Crippen LogP) is 2.46. The smallest absolute Gasteiger partial charge is 0.0351 e. The standard InChI is InChI=1S/C7H12.C2H6O/c1-2-7-4-3-6(1)5-7;1-3-2/h6-7H,1-5H2;1-2H3. The molecule has 1 nitrogen and oxygen atoms in total. The molecule has 2 aliphatic carbocycles. The second kappa shape index (κ2) is 3.97. The van der Waals surface area contributed by atoms with E-state index in [1.807, 2.05) is 0 Å². The Hall–Kier alpha value is -0.0400. The van der Waals surface area contributed by atoms with Gasteiger partial charge in [-0.2, -0.15) is 0 Å². The molecule has 0 N–H and O–H groups in total. The lowest BCUT2D eigenvalue weighted by Gasteiger charge is -2.05. The largest absolute Gasteiger partial charge is 0.388 e. The number of fused-ring (bicyclic) bond motifs is 2. The van der Waals surface area contributed by atoms with Crippen LogP contribution in [0.25, 0.3) is 0 Å². The van der Waals surface area contributed by atoms with Gasteiger partial charge < -0.3 is 4.74 Å². The van der Waals surface area contributed by atoms with Crippen LogP contribution < -0.4 is 0 Å². The van der Waals surface area contributed by atoms with Crippen LogP contribution in [0.3, 0.4) is 0 Å². The minimum Gasteiger partial charge on any atom is -0.388 e. The molecule has 2 fully saturated rings. The van der Waals surface area contributed by atoms with Crippen molar-refractivity contribution in [3.05, 3.63) is 0 Å². The van der Waals surface area contributed by atoms with E-state index >= 15 is 0 Å². The van der Waals surface area contributed by atoms with Gasteiger partial charge in [0.25, 0.3) is 0 Å². The van der Waals surface area contributed by atoms with Crippen LogP contribution in [0, 0.1) is 11.8 Å². The summed E-state index contributed by atoms with van der Waals surface area (Å²) in [7, 11) is 3.25. The Morgan fingerprint density at radius 2 is 1.20 bits per heavy atom. The second-order valence-electron chi connectivity index (χ2n) is 3.53. The number of hydrogen-bond acceptors (Lipinski definition) is 1. The van der Waals surface area contributed by atoms with Crippen molar-refractivity contribution in [2.24, 2.45) is 11.8 Å². The van der Waals surface area contributed by atoms with Crippen molar-refractivity contribution in [2.75, 3.05) is 14.2 Å². The zero-order valence-electron chi connectivity index (χ0n) is 7.10.